The van der Waals surface area contributed by atoms with Crippen LogP contribution in [0.15, 0.2) is 51.1 Å². The number of nitrogens with two attached hydrogens (primary N) is 1. The van der Waals surface area contributed by atoms with Crippen molar-refractivity contribution in [1.82, 2.24) is 0 Å². The Bertz CT molecular complexity index is 456. The summed E-state index contributed by atoms with van der Waals surface area (Å²) in [5, 5.41) is 2.10. The molecule has 90 valence electrons. The molecule has 2 N–H and O–H groups in total. The Morgan fingerprint density at radius 1 is 1.29 bits per heavy atom. The number of hydrogen-bond acceptors (Lipinski definition) is 3. The van der Waals surface area contributed by atoms with Crippen LogP contribution in [-0.4, -0.2) is 11.8 Å². The molecular formula is C13H14BrNS2. The van der Waals surface area contributed by atoms with Crippen LogP contribution in [0.5, 0.6) is 0 Å². The van der Waals surface area contributed by atoms with Crippen molar-refractivity contribution in [2.24, 2.45) is 5.73 Å². The van der Waals surface area contributed by atoms with Gasteiger partial charge >= 0.3 is 0 Å². The van der Waals surface area contributed by atoms with Gasteiger partial charge in [0.1, 0.15) is 0 Å². The van der Waals surface area contributed by atoms with E-state index in [0.29, 0.717) is 0 Å². The number of hydrogen-bond donors (Lipinski definition) is 1. The monoisotopic (exact) mass is 327 g/mol. The Morgan fingerprint density at radius 2 is 2.18 bits per heavy atom. The summed E-state index contributed by atoms with van der Waals surface area (Å²) in [6.07, 6.45) is 0.971. The molecule has 0 aliphatic carbocycles. The van der Waals surface area contributed by atoms with E-state index in [1.807, 2.05) is 17.8 Å². The average Bonchev–Trinajstić information content (AvgIpc) is 2.79. The van der Waals surface area contributed by atoms with Gasteiger partial charge in [-0.3, -0.25) is 0 Å². The molecule has 1 atom stereocenters. The summed E-state index contributed by atoms with van der Waals surface area (Å²) < 4.78 is 1.12. The van der Waals surface area contributed by atoms with Crippen molar-refractivity contribution in [2.75, 3.05) is 5.75 Å². The second-order valence-corrected chi connectivity index (χ2v) is 6.85. The maximum absolute atomic E-state index is 6.12. The number of thioether (sulfide) groups is 1. The molecule has 2 rings (SSSR count). The van der Waals surface area contributed by atoms with Crippen LogP contribution in [0.1, 0.15) is 4.88 Å². The van der Waals surface area contributed by atoms with Crippen molar-refractivity contribution in [2.45, 2.75) is 17.4 Å². The van der Waals surface area contributed by atoms with E-state index in [2.05, 4.69) is 51.6 Å². The van der Waals surface area contributed by atoms with E-state index in [-0.39, 0.29) is 6.04 Å². The first-order valence-corrected chi connectivity index (χ1v) is 8.06. The van der Waals surface area contributed by atoms with E-state index in [4.69, 9.17) is 5.73 Å². The van der Waals surface area contributed by atoms with Gasteiger partial charge in [0.2, 0.25) is 0 Å². The fraction of sp³-hybridized carbons (Fsp3) is 0.231. The zero-order valence-electron chi connectivity index (χ0n) is 9.30. The normalized spacial score (nSPS) is 12.6. The molecule has 1 aromatic carbocycles. The van der Waals surface area contributed by atoms with Crippen LogP contribution in [0.3, 0.4) is 0 Å². The van der Waals surface area contributed by atoms with Gasteiger partial charge in [-0.25, -0.2) is 0 Å². The minimum Gasteiger partial charge on any atom is -0.327 e. The SMILES string of the molecule is NC(CSc1cccc(Br)c1)Cc1cccs1. The van der Waals surface area contributed by atoms with Crippen LogP contribution in [0.4, 0.5) is 0 Å². The molecule has 0 saturated heterocycles. The lowest BCUT2D eigenvalue weighted by molar-refractivity contribution is 0.757. The van der Waals surface area contributed by atoms with Crippen molar-refractivity contribution in [3.63, 3.8) is 0 Å². The van der Waals surface area contributed by atoms with Crippen LogP contribution in [-0.2, 0) is 6.42 Å². The van der Waals surface area contributed by atoms with Crippen LogP contribution in [0.2, 0.25) is 0 Å². The summed E-state index contributed by atoms with van der Waals surface area (Å²) in [6, 6.07) is 12.8. The highest BCUT2D eigenvalue weighted by atomic mass is 79.9. The molecule has 0 spiro atoms. The largest absolute Gasteiger partial charge is 0.327 e. The molecule has 1 nitrogen and oxygen atoms in total. The summed E-state index contributed by atoms with van der Waals surface area (Å²) in [5.41, 5.74) is 6.12. The maximum Gasteiger partial charge on any atom is 0.0186 e. The zero-order chi connectivity index (χ0) is 12.1. The Morgan fingerprint density at radius 3 is 2.88 bits per heavy atom. The summed E-state index contributed by atoms with van der Waals surface area (Å²) >= 11 is 7.07. The highest BCUT2D eigenvalue weighted by Crippen LogP contribution is 2.23. The highest BCUT2D eigenvalue weighted by molar-refractivity contribution is 9.10. The van der Waals surface area contributed by atoms with Gasteiger partial charge in [-0.05, 0) is 36.1 Å². The molecule has 0 bridgehead atoms. The average molecular weight is 328 g/mol. The smallest absolute Gasteiger partial charge is 0.0186 e. The van der Waals surface area contributed by atoms with Gasteiger partial charge in [0.25, 0.3) is 0 Å². The lowest BCUT2D eigenvalue weighted by atomic mass is 10.2. The van der Waals surface area contributed by atoms with E-state index >= 15 is 0 Å². The quantitative estimate of drug-likeness (QED) is 0.834. The maximum atomic E-state index is 6.12. The molecule has 4 heteroatoms. The van der Waals surface area contributed by atoms with Crippen LogP contribution in [0, 0.1) is 0 Å². The van der Waals surface area contributed by atoms with E-state index in [1.54, 1.807) is 11.3 Å². The van der Waals surface area contributed by atoms with Crippen molar-refractivity contribution in [3.8, 4) is 0 Å². The summed E-state index contributed by atoms with van der Waals surface area (Å²) in [5.74, 6) is 0.953. The van der Waals surface area contributed by atoms with Gasteiger partial charge in [-0.1, -0.05) is 28.1 Å². The summed E-state index contributed by atoms with van der Waals surface area (Å²) in [6.45, 7) is 0. The number of benzene rings is 1. The Kier molecular flexibility index (Phi) is 5.10. The van der Waals surface area contributed by atoms with Gasteiger partial charge < -0.3 is 5.73 Å². The number of thiophene rings is 1. The topological polar surface area (TPSA) is 26.0 Å². The molecule has 1 heterocycles. The van der Waals surface area contributed by atoms with Gasteiger partial charge in [0, 0.05) is 26.0 Å². The number of rotatable bonds is 5. The molecule has 0 fully saturated rings. The van der Waals surface area contributed by atoms with E-state index in [0.717, 1.165) is 16.6 Å². The first kappa shape index (κ1) is 13.1. The van der Waals surface area contributed by atoms with E-state index in [9.17, 15) is 0 Å². The van der Waals surface area contributed by atoms with Crippen LogP contribution >= 0.6 is 39.0 Å². The Labute approximate surface area is 119 Å². The summed E-state index contributed by atoms with van der Waals surface area (Å²) in [7, 11) is 0. The Balaban J connectivity index is 1.82. The molecule has 2 aromatic rings. The second kappa shape index (κ2) is 6.59. The van der Waals surface area contributed by atoms with Gasteiger partial charge in [-0.15, -0.1) is 23.1 Å². The number of halogens is 1. The molecule has 1 unspecified atom stereocenters. The molecule has 0 aliphatic heterocycles. The first-order chi connectivity index (χ1) is 8.24. The third-order valence-electron chi connectivity index (χ3n) is 2.30. The van der Waals surface area contributed by atoms with E-state index in [1.165, 1.54) is 9.77 Å². The standard InChI is InChI=1S/C13H14BrNS2/c14-10-3-1-4-12(7-10)17-9-11(15)8-13-5-2-6-16-13/h1-7,11H,8-9,15H2. The van der Waals surface area contributed by atoms with Crippen molar-refractivity contribution >= 4 is 39.0 Å². The van der Waals surface area contributed by atoms with Crippen molar-refractivity contribution in [1.29, 1.82) is 0 Å². The van der Waals surface area contributed by atoms with Crippen LogP contribution in [0.25, 0.3) is 0 Å². The third kappa shape index (κ3) is 4.47. The first-order valence-electron chi connectivity index (χ1n) is 5.40. The second-order valence-electron chi connectivity index (χ2n) is 3.81. The third-order valence-corrected chi connectivity index (χ3v) is 4.88. The molecule has 0 aliphatic rings. The molecule has 0 radical (unpaired) electrons. The fourth-order valence-electron chi connectivity index (χ4n) is 1.51. The summed E-state index contributed by atoms with van der Waals surface area (Å²) in [4.78, 5) is 2.63. The predicted molar refractivity (Wildman–Crippen MR) is 80.9 cm³/mol. The van der Waals surface area contributed by atoms with Gasteiger partial charge in [0.05, 0.1) is 0 Å². The minimum absolute atomic E-state index is 0.220. The highest BCUT2D eigenvalue weighted by Gasteiger charge is 2.06. The van der Waals surface area contributed by atoms with Crippen molar-refractivity contribution in [3.05, 3.63) is 51.1 Å². The fourth-order valence-corrected chi connectivity index (χ4v) is 3.77. The van der Waals surface area contributed by atoms with E-state index < -0.39 is 0 Å². The molecule has 0 amide bonds. The van der Waals surface area contributed by atoms with Crippen molar-refractivity contribution < 1.29 is 0 Å². The van der Waals surface area contributed by atoms with Gasteiger partial charge in [0.15, 0.2) is 0 Å². The minimum atomic E-state index is 0.220. The molecular weight excluding hydrogens is 314 g/mol. The molecule has 1 aromatic heterocycles. The lowest BCUT2D eigenvalue weighted by Gasteiger charge is -2.10. The van der Waals surface area contributed by atoms with Gasteiger partial charge in [-0.2, -0.15) is 0 Å². The molecule has 0 saturated carbocycles. The molecule has 17 heavy (non-hydrogen) atoms. The zero-order valence-corrected chi connectivity index (χ0v) is 12.5. The predicted octanol–water partition coefficient (Wildman–Crippen LogP) is 4.17. The van der Waals surface area contributed by atoms with Crippen LogP contribution < -0.4 is 5.73 Å². The Hall–Kier alpha value is -0.290. The lowest BCUT2D eigenvalue weighted by Crippen LogP contribution is -2.25.